The highest BCUT2D eigenvalue weighted by atomic mass is 16.3. The summed E-state index contributed by atoms with van der Waals surface area (Å²) in [4.78, 5) is 25.0. The lowest BCUT2D eigenvalue weighted by Crippen LogP contribution is -2.18. The summed E-state index contributed by atoms with van der Waals surface area (Å²) in [5.74, 6) is 0.322. The lowest BCUT2D eigenvalue weighted by atomic mass is 10.3. The van der Waals surface area contributed by atoms with Gasteiger partial charge < -0.3 is 26.2 Å². The van der Waals surface area contributed by atoms with E-state index in [0.29, 0.717) is 5.75 Å². The van der Waals surface area contributed by atoms with Gasteiger partial charge in [-0.25, -0.2) is 4.79 Å². The number of carbonyl (C=O) groups is 3. The van der Waals surface area contributed by atoms with Gasteiger partial charge in [-0.15, -0.1) is 0 Å². The number of rotatable bonds is 0. The average Bonchev–Trinajstić information content (AvgIpc) is 2.24. The number of para-hydroxylation sites is 1. The lowest BCUT2D eigenvalue weighted by Gasteiger charge is -1.82. The molecule has 1 aromatic rings. The molecule has 0 radical (unpaired) electrons. The van der Waals surface area contributed by atoms with E-state index in [0.717, 1.165) is 0 Å². The second-order valence-electron chi connectivity index (χ2n) is 1.74. The van der Waals surface area contributed by atoms with Gasteiger partial charge in [-0.3, -0.25) is 0 Å². The van der Waals surface area contributed by atoms with E-state index in [2.05, 4.69) is 11.5 Å². The van der Waals surface area contributed by atoms with Crippen molar-refractivity contribution in [3.63, 3.8) is 0 Å². The first-order chi connectivity index (χ1) is 7.13. The van der Waals surface area contributed by atoms with Crippen molar-refractivity contribution in [3.8, 4) is 5.75 Å². The third-order valence-electron chi connectivity index (χ3n) is 0.756. The third-order valence-corrected chi connectivity index (χ3v) is 0.756. The SMILES string of the molecule is C=O.C=O.NC(N)=O.Oc1ccccc1. The molecule has 0 unspecified atom stereocenters. The maximum atomic E-state index is 9.00. The Bertz CT molecular complexity index is 235. The molecule has 6 heteroatoms. The molecule has 15 heavy (non-hydrogen) atoms. The Kier molecular flexibility index (Phi) is 21.7. The molecule has 1 aromatic carbocycles. The van der Waals surface area contributed by atoms with Crippen molar-refractivity contribution < 1.29 is 19.5 Å². The molecule has 0 aliphatic heterocycles. The minimum absolute atomic E-state index is 0.322. The van der Waals surface area contributed by atoms with Gasteiger partial charge in [0.1, 0.15) is 19.3 Å². The number of amides is 2. The maximum absolute atomic E-state index is 9.00. The van der Waals surface area contributed by atoms with Gasteiger partial charge >= 0.3 is 6.03 Å². The van der Waals surface area contributed by atoms with Crippen LogP contribution in [-0.4, -0.2) is 24.7 Å². The Hall–Kier alpha value is -2.37. The summed E-state index contributed by atoms with van der Waals surface area (Å²) in [7, 11) is 0. The van der Waals surface area contributed by atoms with Gasteiger partial charge in [0, 0.05) is 0 Å². The van der Waals surface area contributed by atoms with Gasteiger partial charge in [0.15, 0.2) is 0 Å². The second-order valence-corrected chi connectivity index (χ2v) is 1.74. The fourth-order valence-electron chi connectivity index (χ4n) is 0.428. The summed E-state index contributed by atoms with van der Waals surface area (Å²) >= 11 is 0. The van der Waals surface area contributed by atoms with Crippen LogP contribution in [0.25, 0.3) is 0 Å². The summed E-state index contributed by atoms with van der Waals surface area (Å²) in [5, 5.41) is 8.63. The Morgan fingerprint density at radius 3 is 1.40 bits per heavy atom. The molecule has 0 saturated carbocycles. The molecule has 0 atom stereocenters. The van der Waals surface area contributed by atoms with Crippen molar-refractivity contribution >= 4 is 19.6 Å². The van der Waals surface area contributed by atoms with E-state index in [1.54, 1.807) is 24.3 Å². The molecule has 0 aliphatic rings. The predicted molar refractivity (Wildman–Crippen MR) is 56.1 cm³/mol. The Morgan fingerprint density at radius 1 is 1.00 bits per heavy atom. The number of benzene rings is 1. The van der Waals surface area contributed by atoms with E-state index in [4.69, 9.17) is 19.5 Å². The van der Waals surface area contributed by atoms with Crippen LogP contribution in [0, 0.1) is 0 Å². The van der Waals surface area contributed by atoms with Gasteiger partial charge in [0.2, 0.25) is 0 Å². The Morgan fingerprint density at radius 2 is 1.27 bits per heavy atom. The number of urea groups is 1. The van der Waals surface area contributed by atoms with Gasteiger partial charge in [0.25, 0.3) is 0 Å². The van der Waals surface area contributed by atoms with Gasteiger partial charge in [-0.05, 0) is 12.1 Å². The molecule has 0 saturated heterocycles. The van der Waals surface area contributed by atoms with Gasteiger partial charge in [-0.2, -0.15) is 0 Å². The highest BCUT2D eigenvalue weighted by molar-refractivity contribution is 5.69. The highest BCUT2D eigenvalue weighted by Crippen LogP contribution is 2.02. The van der Waals surface area contributed by atoms with Crippen molar-refractivity contribution in [2.24, 2.45) is 11.5 Å². The van der Waals surface area contributed by atoms with Crippen LogP contribution in [-0.2, 0) is 9.59 Å². The monoisotopic (exact) mass is 214 g/mol. The molecule has 0 aliphatic carbocycles. The quantitative estimate of drug-likeness (QED) is 0.564. The molecule has 2 amide bonds. The molecular weight excluding hydrogens is 200 g/mol. The Labute approximate surface area is 87.5 Å². The summed E-state index contributed by atoms with van der Waals surface area (Å²) < 4.78 is 0. The molecule has 1 rings (SSSR count). The number of hydrogen-bond donors (Lipinski definition) is 3. The molecule has 84 valence electrons. The fourth-order valence-corrected chi connectivity index (χ4v) is 0.428. The van der Waals surface area contributed by atoms with Crippen molar-refractivity contribution in [3.05, 3.63) is 30.3 Å². The smallest absolute Gasteiger partial charge is 0.309 e. The van der Waals surface area contributed by atoms with Crippen LogP contribution in [0.5, 0.6) is 5.75 Å². The van der Waals surface area contributed by atoms with Crippen LogP contribution in [0.1, 0.15) is 0 Å². The number of nitrogens with two attached hydrogens (primary N) is 2. The van der Waals surface area contributed by atoms with Crippen LogP contribution in [0.4, 0.5) is 4.79 Å². The van der Waals surface area contributed by atoms with E-state index in [1.807, 2.05) is 19.6 Å². The second kappa shape index (κ2) is 17.6. The molecule has 0 heterocycles. The number of carbonyl (C=O) groups excluding carboxylic acids is 3. The largest absolute Gasteiger partial charge is 0.508 e. The summed E-state index contributed by atoms with van der Waals surface area (Å²) in [5.41, 5.74) is 8.50. The molecular formula is C9H14N2O4. The van der Waals surface area contributed by atoms with Crippen molar-refractivity contribution in [2.75, 3.05) is 0 Å². The normalized spacial score (nSPS) is 6.13. The maximum Gasteiger partial charge on any atom is 0.309 e. The van der Waals surface area contributed by atoms with E-state index in [1.165, 1.54) is 0 Å². The fraction of sp³-hybridized carbons (Fsp3) is 0. The summed E-state index contributed by atoms with van der Waals surface area (Å²) in [6.07, 6.45) is 0. The van der Waals surface area contributed by atoms with E-state index < -0.39 is 6.03 Å². The number of phenolic OH excluding ortho intramolecular Hbond substituents is 1. The first kappa shape index (κ1) is 18.4. The zero-order chi connectivity index (χ0) is 12.7. The minimum Gasteiger partial charge on any atom is -0.508 e. The average molecular weight is 214 g/mol. The number of hydrogen-bond acceptors (Lipinski definition) is 4. The van der Waals surface area contributed by atoms with Crippen LogP contribution in [0.15, 0.2) is 30.3 Å². The number of phenols is 1. The number of primary amides is 2. The molecule has 0 bridgehead atoms. The molecule has 0 aromatic heterocycles. The van der Waals surface area contributed by atoms with Crippen LogP contribution >= 0.6 is 0 Å². The minimum atomic E-state index is -0.833. The predicted octanol–water partition coefficient (Wildman–Crippen LogP) is 0.0462. The zero-order valence-corrected chi connectivity index (χ0v) is 8.13. The lowest BCUT2D eigenvalue weighted by molar-refractivity contribution is -0.0987. The van der Waals surface area contributed by atoms with E-state index in [9.17, 15) is 0 Å². The molecule has 5 N–H and O–H groups in total. The van der Waals surface area contributed by atoms with Crippen molar-refractivity contribution in [1.82, 2.24) is 0 Å². The third kappa shape index (κ3) is 34.0. The van der Waals surface area contributed by atoms with Gasteiger partial charge in [0.05, 0.1) is 0 Å². The van der Waals surface area contributed by atoms with E-state index >= 15 is 0 Å². The summed E-state index contributed by atoms with van der Waals surface area (Å²) in [6.45, 7) is 4.00. The number of aromatic hydroxyl groups is 1. The highest BCUT2D eigenvalue weighted by Gasteiger charge is 1.74. The van der Waals surface area contributed by atoms with Crippen LogP contribution in [0.2, 0.25) is 0 Å². The topological polar surface area (TPSA) is 123 Å². The molecule has 0 fully saturated rings. The van der Waals surface area contributed by atoms with Crippen molar-refractivity contribution in [2.45, 2.75) is 0 Å². The zero-order valence-electron chi connectivity index (χ0n) is 8.13. The first-order valence-electron chi connectivity index (χ1n) is 3.49. The van der Waals surface area contributed by atoms with E-state index in [-0.39, 0.29) is 0 Å². The van der Waals surface area contributed by atoms with Crippen LogP contribution in [0.3, 0.4) is 0 Å². The molecule has 0 spiro atoms. The van der Waals surface area contributed by atoms with Crippen LogP contribution < -0.4 is 11.5 Å². The first-order valence-corrected chi connectivity index (χ1v) is 3.49. The van der Waals surface area contributed by atoms with Crippen molar-refractivity contribution in [1.29, 1.82) is 0 Å². The summed E-state index contributed by atoms with van der Waals surface area (Å²) in [6, 6.07) is 7.88. The van der Waals surface area contributed by atoms with Gasteiger partial charge in [-0.1, -0.05) is 18.2 Å². The standard InChI is InChI=1S/C6H6O.CH4N2O.2CH2O/c7-6-4-2-1-3-5-6;2-1(3)4;2*1-2/h1-5,7H;(H4,2,3,4);2*1H2. The molecule has 6 nitrogen and oxygen atoms in total. The Balaban J connectivity index is -0.000000156.